The molecule has 0 heterocycles. The second kappa shape index (κ2) is 5.24. The highest BCUT2D eigenvalue weighted by Gasteiger charge is 2.46. The fourth-order valence-electron chi connectivity index (χ4n) is 3.96. The lowest BCUT2D eigenvalue weighted by molar-refractivity contribution is 0.0174. The molecule has 2 aliphatic rings. The van der Waals surface area contributed by atoms with Crippen molar-refractivity contribution in [3.63, 3.8) is 0 Å². The molecule has 1 unspecified atom stereocenters. The monoisotopic (exact) mass is 261 g/mol. The molecule has 2 heteroatoms. The van der Waals surface area contributed by atoms with Gasteiger partial charge in [-0.05, 0) is 55.7 Å². The normalized spacial score (nSPS) is 26.9. The van der Waals surface area contributed by atoms with Crippen LogP contribution in [0.5, 0.6) is 0 Å². The first-order valence-electron chi connectivity index (χ1n) is 7.71. The Morgan fingerprint density at radius 1 is 1.11 bits per heavy atom. The molecule has 0 bridgehead atoms. The smallest absolute Gasteiger partial charge is 0.123 e. The fraction of sp³-hybridized carbons (Fsp3) is 0.647. The van der Waals surface area contributed by atoms with E-state index in [0.717, 1.165) is 0 Å². The molecule has 104 valence electrons. The molecule has 0 aromatic heterocycles. The van der Waals surface area contributed by atoms with E-state index in [2.05, 4.69) is 12.2 Å². The third-order valence-corrected chi connectivity index (χ3v) is 5.34. The van der Waals surface area contributed by atoms with Gasteiger partial charge in [-0.1, -0.05) is 31.4 Å². The summed E-state index contributed by atoms with van der Waals surface area (Å²) in [6.07, 6.45) is 9.75. The zero-order chi connectivity index (χ0) is 13.3. The number of rotatable bonds is 3. The first kappa shape index (κ1) is 13.1. The average Bonchev–Trinajstić information content (AvgIpc) is 2.45. The Morgan fingerprint density at radius 3 is 2.37 bits per heavy atom. The van der Waals surface area contributed by atoms with E-state index in [0.29, 0.717) is 17.5 Å². The van der Waals surface area contributed by atoms with Crippen molar-refractivity contribution in [2.75, 3.05) is 0 Å². The number of benzene rings is 1. The molecule has 1 aromatic carbocycles. The van der Waals surface area contributed by atoms with E-state index in [-0.39, 0.29) is 5.82 Å². The molecule has 1 N–H and O–H groups in total. The molecule has 2 saturated carbocycles. The number of nitrogens with one attached hydrogen (secondary N) is 1. The van der Waals surface area contributed by atoms with Gasteiger partial charge >= 0.3 is 0 Å². The van der Waals surface area contributed by atoms with Crippen LogP contribution in [0.25, 0.3) is 0 Å². The summed E-state index contributed by atoms with van der Waals surface area (Å²) >= 11 is 0. The standard InChI is InChI=1S/C17H24FN/c1-13(14-5-7-15(18)8-6-14)19-16-9-12-17(16)10-3-2-4-11-17/h5-8,13,16,19H,2-4,9-12H2,1H3/t13-,16?/m0/s1. The van der Waals surface area contributed by atoms with Crippen LogP contribution in [-0.2, 0) is 0 Å². The van der Waals surface area contributed by atoms with Gasteiger partial charge in [-0.3, -0.25) is 0 Å². The van der Waals surface area contributed by atoms with Crippen molar-refractivity contribution < 1.29 is 4.39 Å². The summed E-state index contributed by atoms with van der Waals surface area (Å²) < 4.78 is 13.0. The van der Waals surface area contributed by atoms with E-state index in [9.17, 15) is 4.39 Å². The summed E-state index contributed by atoms with van der Waals surface area (Å²) in [7, 11) is 0. The molecule has 0 radical (unpaired) electrons. The third-order valence-electron chi connectivity index (χ3n) is 5.34. The van der Waals surface area contributed by atoms with Crippen molar-refractivity contribution in [3.05, 3.63) is 35.6 Å². The van der Waals surface area contributed by atoms with Gasteiger partial charge in [0, 0.05) is 12.1 Å². The molecule has 2 fully saturated rings. The highest BCUT2D eigenvalue weighted by molar-refractivity contribution is 5.20. The first-order valence-corrected chi connectivity index (χ1v) is 7.71. The van der Waals surface area contributed by atoms with Gasteiger partial charge in [0.2, 0.25) is 0 Å². The van der Waals surface area contributed by atoms with Crippen LogP contribution in [0, 0.1) is 11.2 Å². The van der Waals surface area contributed by atoms with Crippen LogP contribution in [0.4, 0.5) is 4.39 Å². The average molecular weight is 261 g/mol. The molecule has 19 heavy (non-hydrogen) atoms. The Morgan fingerprint density at radius 2 is 1.79 bits per heavy atom. The van der Waals surface area contributed by atoms with Crippen molar-refractivity contribution in [2.45, 2.75) is 64.0 Å². The van der Waals surface area contributed by atoms with Gasteiger partial charge in [0.25, 0.3) is 0 Å². The van der Waals surface area contributed by atoms with Crippen LogP contribution in [0.2, 0.25) is 0 Å². The summed E-state index contributed by atoms with van der Waals surface area (Å²) in [6.45, 7) is 2.20. The van der Waals surface area contributed by atoms with E-state index in [1.165, 1.54) is 50.5 Å². The summed E-state index contributed by atoms with van der Waals surface area (Å²) in [4.78, 5) is 0. The van der Waals surface area contributed by atoms with Crippen molar-refractivity contribution in [3.8, 4) is 0 Å². The maximum atomic E-state index is 13.0. The SMILES string of the molecule is C[C@H](NC1CCC12CCCCC2)c1ccc(F)cc1. The predicted molar refractivity (Wildman–Crippen MR) is 76.5 cm³/mol. The van der Waals surface area contributed by atoms with Crippen LogP contribution in [0.3, 0.4) is 0 Å². The van der Waals surface area contributed by atoms with E-state index < -0.39 is 0 Å². The Bertz CT molecular complexity index is 419. The largest absolute Gasteiger partial charge is 0.307 e. The minimum Gasteiger partial charge on any atom is -0.307 e. The molecule has 2 atom stereocenters. The molecule has 0 aliphatic heterocycles. The first-order chi connectivity index (χ1) is 9.20. The third kappa shape index (κ3) is 2.55. The Kier molecular flexibility index (Phi) is 3.62. The molecule has 3 rings (SSSR count). The lowest BCUT2D eigenvalue weighted by Gasteiger charge is -2.53. The number of hydrogen-bond acceptors (Lipinski definition) is 1. The zero-order valence-electron chi connectivity index (χ0n) is 11.8. The minimum absolute atomic E-state index is 0.150. The van der Waals surface area contributed by atoms with Gasteiger partial charge in [-0.2, -0.15) is 0 Å². The Labute approximate surface area is 115 Å². The number of halogens is 1. The predicted octanol–water partition coefficient (Wildman–Crippen LogP) is 4.59. The topological polar surface area (TPSA) is 12.0 Å². The van der Waals surface area contributed by atoms with Crippen LogP contribution in [0.15, 0.2) is 24.3 Å². The van der Waals surface area contributed by atoms with E-state index in [1.807, 2.05) is 12.1 Å². The zero-order valence-corrected chi connectivity index (χ0v) is 11.8. The molecular formula is C17H24FN. The summed E-state index contributed by atoms with van der Waals surface area (Å²) in [6, 6.07) is 7.92. The number of hydrogen-bond donors (Lipinski definition) is 1. The molecular weight excluding hydrogens is 237 g/mol. The maximum absolute atomic E-state index is 13.0. The lowest BCUT2D eigenvalue weighted by atomic mass is 9.57. The van der Waals surface area contributed by atoms with Crippen molar-refractivity contribution in [1.29, 1.82) is 0 Å². The Hall–Kier alpha value is -0.890. The molecule has 1 nitrogen and oxygen atoms in total. The van der Waals surface area contributed by atoms with Crippen LogP contribution >= 0.6 is 0 Å². The molecule has 2 aliphatic carbocycles. The second-order valence-corrected chi connectivity index (χ2v) is 6.45. The van der Waals surface area contributed by atoms with Gasteiger partial charge in [0.1, 0.15) is 5.82 Å². The van der Waals surface area contributed by atoms with Gasteiger partial charge in [-0.15, -0.1) is 0 Å². The summed E-state index contributed by atoms with van der Waals surface area (Å²) in [5.74, 6) is -0.150. The lowest BCUT2D eigenvalue weighted by Crippen LogP contribution is -2.54. The van der Waals surface area contributed by atoms with E-state index in [1.54, 1.807) is 12.1 Å². The van der Waals surface area contributed by atoms with Crippen molar-refractivity contribution >= 4 is 0 Å². The van der Waals surface area contributed by atoms with E-state index in [4.69, 9.17) is 0 Å². The minimum atomic E-state index is -0.150. The maximum Gasteiger partial charge on any atom is 0.123 e. The molecule has 0 saturated heterocycles. The van der Waals surface area contributed by atoms with Crippen LogP contribution in [0.1, 0.15) is 63.5 Å². The quantitative estimate of drug-likeness (QED) is 0.839. The van der Waals surface area contributed by atoms with Crippen LogP contribution in [-0.4, -0.2) is 6.04 Å². The van der Waals surface area contributed by atoms with Gasteiger partial charge in [-0.25, -0.2) is 4.39 Å². The second-order valence-electron chi connectivity index (χ2n) is 6.45. The van der Waals surface area contributed by atoms with Crippen molar-refractivity contribution in [1.82, 2.24) is 5.32 Å². The Balaban J connectivity index is 1.63. The molecule has 1 spiro atoms. The summed E-state index contributed by atoms with van der Waals surface area (Å²) in [5.41, 5.74) is 1.78. The highest BCUT2D eigenvalue weighted by Crippen LogP contribution is 2.52. The van der Waals surface area contributed by atoms with Gasteiger partial charge < -0.3 is 5.32 Å². The van der Waals surface area contributed by atoms with Gasteiger partial charge in [0.05, 0.1) is 0 Å². The fourth-order valence-corrected chi connectivity index (χ4v) is 3.96. The van der Waals surface area contributed by atoms with E-state index >= 15 is 0 Å². The van der Waals surface area contributed by atoms with Gasteiger partial charge in [0.15, 0.2) is 0 Å². The molecule has 0 amide bonds. The van der Waals surface area contributed by atoms with Crippen LogP contribution < -0.4 is 5.32 Å². The molecule has 1 aromatic rings. The summed E-state index contributed by atoms with van der Waals surface area (Å²) in [5, 5.41) is 3.79. The van der Waals surface area contributed by atoms with Crippen molar-refractivity contribution in [2.24, 2.45) is 5.41 Å². The highest BCUT2D eigenvalue weighted by atomic mass is 19.1.